The highest BCUT2D eigenvalue weighted by atomic mass is 16.1. The summed E-state index contributed by atoms with van der Waals surface area (Å²) in [6, 6.07) is 0. The molecule has 0 spiro atoms. The summed E-state index contributed by atoms with van der Waals surface area (Å²) in [4.78, 5) is 9.71. The number of hydrogen-bond acceptors (Lipinski definition) is 1. The van der Waals surface area contributed by atoms with E-state index in [-0.39, 0.29) is 0 Å². The molecule has 8 heavy (non-hydrogen) atoms. The zero-order valence-electron chi connectivity index (χ0n) is 5.48. The molecule has 0 rings (SSSR count). The summed E-state index contributed by atoms with van der Waals surface area (Å²) in [7, 11) is 0. The van der Waals surface area contributed by atoms with Crippen LogP contribution in [0.2, 0.25) is 0 Å². The molecular weight excluding hydrogens is 100 g/mol. The third-order valence-electron chi connectivity index (χ3n) is 1.10. The molecule has 0 radical (unpaired) electrons. The third kappa shape index (κ3) is 3.63. The minimum Gasteiger partial charge on any atom is -0.234 e. The minimum absolute atomic E-state index is 0.414. The number of rotatable bonds is 3. The van der Waals surface area contributed by atoms with Crippen LogP contribution in [0.4, 0.5) is 0 Å². The van der Waals surface area contributed by atoms with Gasteiger partial charge in [-0.25, -0.2) is 4.79 Å². The minimum atomic E-state index is 0.414. The van der Waals surface area contributed by atoms with Crippen LogP contribution in [0.3, 0.4) is 0 Å². The highest BCUT2D eigenvalue weighted by Gasteiger charge is 1.91. The van der Waals surface area contributed by atoms with E-state index in [4.69, 9.17) is 0 Å². The van der Waals surface area contributed by atoms with Crippen LogP contribution in [0.5, 0.6) is 0 Å². The van der Waals surface area contributed by atoms with Gasteiger partial charge < -0.3 is 0 Å². The first-order valence-corrected chi connectivity index (χ1v) is 3.02. The van der Waals surface area contributed by atoms with Gasteiger partial charge in [0.1, 0.15) is 5.94 Å². The molecule has 1 heteroatoms. The van der Waals surface area contributed by atoms with E-state index in [1.165, 1.54) is 0 Å². The first-order chi connectivity index (χ1) is 3.81. The predicted octanol–water partition coefficient (Wildman–Crippen LogP) is 1.81. The number of hydrogen-bond donors (Lipinski definition) is 0. The van der Waals surface area contributed by atoms with Crippen LogP contribution in [0, 0.1) is 5.92 Å². The van der Waals surface area contributed by atoms with Crippen molar-refractivity contribution in [1.82, 2.24) is 0 Å². The molecule has 0 saturated carbocycles. The maximum atomic E-state index is 9.71. The van der Waals surface area contributed by atoms with E-state index in [0.717, 1.165) is 12.8 Å². The molecule has 1 unspecified atom stereocenters. The van der Waals surface area contributed by atoms with Crippen LogP contribution in [0.1, 0.15) is 26.7 Å². The first kappa shape index (κ1) is 7.45. The van der Waals surface area contributed by atoms with Gasteiger partial charge in [-0.3, -0.25) is 0 Å². The maximum absolute atomic E-state index is 9.71. The number of carbonyl (C=O) groups excluding carboxylic acids is 1. The molecule has 0 saturated heterocycles. The van der Waals surface area contributed by atoms with E-state index in [9.17, 15) is 4.79 Å². The Balaban J connectivity index is 3.31. The molecule has 46 valence electrons. The van der Waals surface area contributed by atoms with E-state index in [1.807, 2.05) is 6.92 Å². The topological polar surface area (TPSA) is 17.1 Å². The van der Waals surface area contributed by atoms with Crippen LogP contribution in [0.25, 0.3) is 0 Å². The van der Waals surface area contributed by atoms with E-state index >= 15 is 0 Å². The maximum Gasteiger partial charge on any atom is 0.120 e. The molecule has 0 N–H and O–H groups in total. The summed E-state index contributed by atoms with van der Waals surface area (Å²) in [6.07, 6.45) is 3.80. The van der Waals surface area contributed by atoms with Crippen molar-refractivity contribution in [3.8, 4) is 0 Å². The Hall–Kier alpha value is -0.550. The molecule has 1 atom stereocenters. The highest BCUT2D eigenvalue weighted by Crippen LogP contribution is 2.03. The quantitative estimate of drug-likeness (QED) is 0.509. The Morgan fingerprint density at radius 1 is 1.75 bits per heavy atom. The summed E-state index contributed by atoms with van der Waals surface area (Å²) >= 11 is 0. The Morgan fingerprint density at radius 3 is 2.75 bits per heavy atom. The van der Waals surface area contributed by atoms with Crippen LogP contribution in [0.15, 0.2) is 6.08 Å². The van der Waals surface area contributed by atoms with Crippen LogP contribution in [-0.4, -0.2) is 5.94 Å². The van der Waals surface area contributed by atoms with Crippen molar-refractivity contribution < 1.29 is 4.79 Å². The summed E-state index contributed by atoms with van der Waals surface area (Å²) in [5.74, 6) is 2.19. The molecular formula is C7H12O. The normalized spacial score (nSPS) is 12.2. The van der Waals surface area contributed by atoms with Gasteiger partial charge in [0.05, 0.1) is 0 Å². The lowest BCUT2D eigenvalue weighted by Crippen LogP contribution is -1.86. The molecule has 0 aromatic heterocycles. The zero-order valence-corrected chi connectivity index (χ0v) is 5.48. The molecule has 0 aliphatic heterocycles. The lowest BCUT2D eigenvalue weighted by Gasteiger charge is -1.97. The second-order valence-corrected chi connectivity index (χ2v) is 2.05. The van der Waals surface area contributed by atoms with Gasteiger partial charge in [-0.05, 0) is 12.3 Å². The summed E-state index contributed by atoms with van der Waals surface area (Å²) in [6.45, 7) is 4.13. The molecule has 0 aliphatic carbocycles. The third-order valence-corrected chi connectivity index (χ3v) is 1.10. The van der Waals surface area contributed by atoms with Gasteiger partial charge in [0.2, 0.25) is 0 Å². The van der Waals surface area contributed by atoms with Crippen LogP contribution in [-0.2, 0) is 4.79 Å². The van der Waals surface area contributed by atoms with Crippen molar-refractivity contribution >= 4 is 5.94 Å². The molecule has 0 amide bonds. The van der Waals surface area contributed by atoms with Crippen molar-refractivity contribution in [2.24, 2.45) is 5.92 Å². The van der Waals surface area contributed by atoms with E-state index < -0.39 is 0 Å². The van der Waals surface area contributed by atoms with Crippen LogP contribution >= 0.6 is 0 Å². The summed E-state index contributed by atoms with van der Waals surface area (Å²) in [5, 5.41) is 0. The first-order valence-electron chi connectivity index (χ1n) is 3.02. The molecule has 0 aromatic carbocycles. The molecule has 1 nitrogen and oxygen atoms in total. The Labute approximate surface area is 50.4 Å². The van der Waals surface area contributed by atoms with Gasteiger partial charge in [0.15, 0.2) is 0 Å². The van der Waals surface area contributed by atoms with E-state index in [1.54, 1.807) is 12.0 Å². The fourth-order valence-corrected chi connectivity index (χ4v) is 0.655. The van der Waals surface area contributed by atoms with Crippen molar-refractivity contribution in [1.29, 1.82) is 0 Å². The zero-order chi connectivity index (χ0) is 6.41. The van der Waals surface area contributed by atoms with Crippen molar-refractivity contribution in [3.63, 3.8) is 0 Å². The lowest BCUT2D eigenvalue weighted by atomic mass is 10.1. The Bertz CT molecular complexity index is 90.6. The lowest BCUT2D eigenvalue weighted by molar-refractivity contribution is 0.562. The molecule has 0 bridgehead atoms. The average Bonchev–Trinajstić information content (AvgIpc) is 1.68. The molecule has 0 aliphatic rings. The molecule has 0 aromatic rings. The fraction of sp³-hybridized carbons (Fsp3) is 0.714. The SMILES string of the molecule is CCCC(C)C=C=O. The van der Waals surface area contributed by atoms with Crippen molar-refractivity contribution in [2.45, 2.75) is 26.7 Å². The molecule has 0 fully saturated rings. The molecule has 0 heterocycles. The van der Waals surface area contributed by atoms with E-state index in [2.05, 4.69) is 6.92 Å². The predicted molar refractivity (Wildman–Crippen MR) is 34.3 cm³/mol. The Morgan fingerprint density at radius 2 is 2.38 bits per heavy atom. The second kappa shape index (κ2) is 4.61. The fourth-order valence-electron chi connectivity index (χ4n) is 0.655. The highest BCUT2D eigenvalue weighted by molar-refractivity contribution is 5.45. The second-order valence-electron chi connectivity index (χ2n) is 2.05. The van der Waals surface area contributed by atoms with Crippen molar-refractivity contribution in [3.05, 3.63) is 6.08 Å². The monoisotopic (exact) mass is 112 g/mol. The van der Waals surface area contributed by atoms with Gasteiger partial charge in [-0.1, -0.05) is 20.3 Å². The van der Waals surface area contributed by atoms with Gasteiger partial charge in [-0.15, -0.1) is 0 Å². The van der Waals surface area contributed by atoms with Crippen molar-refractivity contribution in [2.75, 3.05) is 0 Å². The standard InChI is InChI=1S/C7H12O/c1-3-4-7(2)5-6-8/h5,7H,3-4H2,1-2H3. The summed E-state index contributed by atoms with van der Waals surface area (Å²) in [5.41, 5.74) is 0. The number of allylic oxidation sites excluding steroid dienone is 1. The van der Waals surface area contributed by atoms with Gasteiger partial charge in [0.25, 0.3) is 0 Å². The summed E-state index contributed by atoms with van der Waals surface area (Å²) < 4.78 is 0. The smallest absolute Gasteiger partial charge is 0.120 e. The van der Waals surface area contributed by atoms with Gasteiger partial charge >= 0.3 is 0 Å². The van der Waals surface area contributed by atoms with Gasteiger partial charge in [-0.2, -0.15) is 0 Å². The Kier molecular flexibility index (Phi) is 4.29. The van der Waals surface area contributed by atoms with Gasteiger partial charge in [0, 0.05) is 6.08 Å². The average molecular weight is 112 g/mol. The largest absolute Gasteiger partial charge is 0.234 e. The van der Waals surface area contributed by atoms with Crippen LogP contribution < -0.4 is 0 Å². The van der Waals surface area contributed by atoms with E-state index in [0.29, 0.717) is 5.92 Å².